The lowest BCUT2D eigenvalue weighted by atomic mass is 10.1. The summed E-state index contributed by atoms with van der Waals surface area (Å²) in [7, 11) is 0. The highest BCUT2D eigenvalue weighted by Crippen LogP contribution is 2.23. The minimum Gasteiger partial charge on any atom is -0.350 e. The summed E-state index contributed by atoms with van der Waals surface area (Å²) < 4.78 is 0. The van der Waals surface area contributed by atoms with E-state index in [4.69, 9.17) is 11.6 Å². The first kappa shape index (κ1) is 23.4. The maximum absolute atomic E-state index is 11.8. The second kappa shape index (κ2) is 12.7. The molecule has 0 aliphatic rings. The second-order valence-electron chi connectivity index (χ2n) is 4.52. The van der Waals surface area contributed by atoms with E-state index in [0.717, 1.165) is 0 Å². The molecule has 5 heteroatoms. The molecule has 0 aliphatic carbocycles. The van der Waals surface area contributed by atoms with Gasteiger partial charge in [0.2, 0.25) is 0 Å². The van der Waals surface area contributed by atoms with Gasteiger partial charge in [0.1, 0.15) is 11.4 Å². The van der Waals surface area contributed by atoms with Crippen molar-refractivity contribution in [2.24, 2.45) is 0 Å². The molecule has 0 aliphatic heterocycles. The van der Waals surface area contributed by atoms with Crippen LogP contribution in [0.3, 0.4) is 0 Å². The molecule has 2 aromatic carbocycles. The molecule has 0 heterocycles. The van der Waals surface area contributed by atoms with Gasteiger partial charge in [-0.15, -0.1) is 0 Å². The van der Waals surface area contributed by atoms with Crippen LogP contribution in [0, 0.1) is 0 Å². The third kappa shape index (κ3) is 6.37. The molecule has 0 amide bonds. The number of allylic oxidation sites excluding steroid dienone is 4. The van der Waals surface area contributed by atoms with Gasteiger partial charge in [-0.05, 0) is 43.3 Å². The first-order valence-corrected chi connectivity index (χ1v) is 9.03. The Kier molecular flexibility index (Phi) is 11.5. The third-order valence-corrected chi connectivity index (χ3v) is 3.19. The number of rotatable bonds is 6. The van der Waals surface area contributed by atoms with E-state index in [1.54, 1.807) is 42.5 Å². The number of hydrogen-bond donors (Lipinski definition) is 2. The lowest BCUT2D eigenvalue weighted by molar-refractivity contribution is 1.33. The van der Waals surface area contributed by atoms with E-state index in [0.29, 0.717) is 16.4 Å². The molecule has 0 saturated carbocycles. The summed E-state index contributed by atoms with van der Waals surface area (Å²) >= 11 is 5.82. The standard InChI is InChI=1S/C17H15ClN2O2.2C2H6/c1-3-5-12(6-4-2)19-14-15(17(22)16(14)21)20-13-9-7-11(18)8-10-13;2*1-2/h3-10,19-20H,1H2,2H3;2*1-2H3/b6-4-,12-5+;;. The van der Waals surface area contributed by atoms with Crippen molar-refractivity contribution >= 4 is 28.7 Å². The van der Waals surface area contributed by atoms with Gasteiger partial charge in [-0.3, -0.25) is 9.59 Å². The number of hydrogen-bond acceptors (Lipinski definition) is 4. The Labute approximate surface area is 160 Å². The highest BCUT2D eigenvalue weighted by molar-refractivity contribution is 6.30. The van der Waals surface area contributed by atoms with Gasteiger partial charge in [-0.25, -0.2) is 0 Å². The molecule has 0 radical (unpaired) electrons. The molecule has 0 bridgehead atoms. The lowest BCUT2D eigenvalue weighted by Crippen LogP contribution is -2.36. The van der Waals surface area contributed by atoms with Crippen molar-refractivity contribution in [3.63, 3.8) is 0 Å². The molecule has 140 valence electrons. The summed E-state index contributed by atoms with van der Waals surface area (Å²) in [6, 6.07) is 6.86. The number of anilines is 3. The molecule has 4 nitrogen and oxygen atoms in total. The van der Waals surface area contributed by atoms with Crippen molar-refractivity contribution in [2.45, 2.75) is 34.6 Å². The minimum atomic E-state index is -0.545. The highest BCUT2D eigenvalue weighted by atomic mass is 35.5. The fraction of sp³-hybridized carbons (Fsp3) is 0.238. The zero-order valence-electron chi connectivity index (χ0n) is 16.0. The molecular weight excluding hydrogens is 348 g/mol. The van der Waals surface area contributed by atoms with Crippen LogP contribution in [-0.4, -0.2) is 0 Å². The predicted molar refractivity (Wildman–Crippen MR) is 116 cm³/mol. The summed E-state index contributed by atoms with van der Waals surface area (Å²) in [5, 5.41) is 6.47. The molecule has 2 aromatic rings. The van der Waals surface area contributed by atoms with Crippen LogP contribution >= 0.6 is 11.6 Å². The average molecular weight is 375 g/mol. The van der Waals surface area contributed by atoms with E-state index in [2.05, 4.69) is 17.2 Å². The summed E-state index contributed by atoms with van der Waals surface area (Å²) in [5.74, 6) is 0. The molecule has 26 heavy (non-hydrogen) atoms. The van der Waals surface area contributed by atoms with Crippen molar-refractivity contribution in [2.75, 3.05) is 10.6 Å². The van der Waals surface area contributed by atoms with Gasteiger partial charge in [-0.1, -0.05) is 58.0 Å². The van der Waals surface area contributed by atoms with E-state index in [9.17, 15) is 9.59 Å². The van der Waals surface area contributed by atoms with Crippen LogP contribution in [0.2, 0.25) is 5.02 Å². The van der Waals surface area contributed by atoms with E-state index >= 15 is 0 Å². The maximum Gasteiger partial charge on any atom is 0.253 e. The fourth-order valence-corrected chi connectivity index (χ4v) is 2.02. The molecule has 2 N–H and O–H groups in total. The topological polar surface area (TPSA) is 58.2 Å². The minimum absolute atomic E-state index is 0.242. The van der Waals surface area contributed by atoms with Crippen LogP contribution in [0.4, 0.5) is 17.1 Å². The van der Waals surface area contributed by atoms with E-state index < -0.39 is 10.9 Å². The lowest BCUT2D eigenvalue weighted by Gasteiger charge is -2.15. The van der Waals surface area contributed by atoms with Gasteiger partial charge in [-0.2, -0.15) is 0 Å². The maximum atomic E-state index is 11.8. The van der Waals surface area contributed by atoms with Crippen LogP contribution in [0.25, 0.3) is 0 Å². The first-order valence-electron chi connectivity index (χ1n) is 8.65. The van der Waals surface area contributed by atoms with Gasteiger partial charge in [0.15, 0.2) is 0 Å². The molecular formula is C21H27ClN2O2. The zero-order chi connectivity index (χ0) is 20.1. The Balaban J connectivity index is 0.00000146. The second-order valence-corrected chi connectivity index (χ2v) is 4.96. The quantitative estimate of drug-likeness (QED) is 0.496. The summed E-state index contributed by atoms with van der Waals surface area (Å²) in [6.45, 7) is 13.5. The van der Waals surface area contributed by atoms with Crippen LogP contribution in [0.1, 0.15) is 34.6 Å². The van der Waals surface area contributed by atoms with Crippen molar-refractivity contribution in [3.05, 3.63) is 86.3 Å². The normalized spacial score (nSPS) is 10.5. The number of nitrogens with one attached hydrogen (secondary N) is 2. The molecule has 0 saturated heterocycles. The van der Waals surface area contributed by atoms with Crippen LogP contribution < -0.4 is 21.5 Å². The summed E-state index contributed by atoms with van der Waals surface area (Å²) in [4.78, 5) is 23.5. The predicted octanol–water partition coefficient (Wildman–Crippen LogP) is 5.79. The van der Waals surface area contributed by atoms with Crippen molar-refractivity contribution in [3.8, 4) is 0 Å². The Morgan fingerprint density at radius 3 is 2.04 bits per heavy atom. The van der Waals surface area contributed by atoms with E-state index in [1.165, 1.54) is 0 Å². The number of benzene rings is 1. The molecule has 0 atom stereocenters. The van der Waals surface area contributed by atoms with Crippen molar-refractivity contribution in [1.82, 2.24) is 0 Å². The molecule has 2 rings (SSSR count). The SMILES string of the molecule is C=C/C=C(\C=C/C)Nc1c(Nc2ccc(Cl)cc2)c(=O)c1=O.CC.CC. The fourth-order valence-electron chi connectivity index (χ4n) is 1.90. The van der Waals surface area contributed by atoms with Crippen LogP contribution in [0.15, 0.2) is 70.4 Å². The van der Waals surface area contributed by atoms with Gasteiger partial charge < -0.3 is 10.6 Å². The Morgan fingerprint density at radius 1 is 1.00 bits per heavy atom. The number of halogens is 1. The Bertz CT molecular complexity index is 812. The molecule has 0 unspecified atom stereocenters. The van der Waals surface area contributed by atoms with Crippen LogP contribution in [0.5, 0.6) is 0 Å². The third-order valence-electron chi connectivity index (χ3n) is 2.94. The van der Waals surface area contributed by atoms with Gasteiger partial charge in [0.25, 0.3) is 10.9 Å². The Morgan fingerprint density at radius 2 is 1.54 bits per heavy atom. The van der Waals surface area contributed by atoms with Gasteiger partial charge >= 0.3 is 0 Å². The highest BCUT2D eigenvalue weighted by Gasteiger charge is 2.21. The molecule has 0 aromatic heterocycles. The summed E-state index contributed by atoms with van der Waals surface area (Å²) in [6.07, 6.45) is 6.91. The smallest absolute Gasteiger partial charge is 0.253 e. The van der Waals surface area contributed by atoms with Crippen molar-refractivity contribution < 1.29 is 0 Å². The van der Waals surface area contributed by atoms with Crippen molar-refractivity contribution in [1.29, 1.82) is 0 Å². The van der Waals surface area contributed by atoms with E-state index in [-0.39, 0.29) is 11.4 Å². The molecule has 0 spiro atoms. The molecule has 0 fully saturated rings. The monoisotopic (exact) mass is 374 g/mol. The summed E-state index contributed by atoms with van der Waals surface area (Å²) in [5.41, 5.74) is 0.744. The Hall–Kier alpha value is -2.59. The largest absolute Gasteiger partial charge is 0.350 e. The average Bonchev–Trinajstić information content (AvgIpc) is 2.69. The van der Waals surface area contributed by atoms with Gasteiger partial charge in [0, 0.05) is 16.4 Å². The first-order chi connectivity index (χ1) is 12.6. The van der Waals surface area contributed by atoms with Gasteiger partial charge in [0.05, 0.1) is 0 Å². The van der Waals surface area contributed by atoms with E-state index in [1.807, 2.05) is 40.7 Å². The van der Waals surface area contributed by atoms with Crippen LogP contribution in [-0.2, 0) is 0 Å². The zero-order valence-corrected chi connectivity index (χ0v) is 16.8.